The lowest BCUT2D eigenvalue weighted by molar-refractivity contribution is 0.0372. The number of hydrogen-bond acceptors (Lipinski definition) is 7. The standard InChI is InChI=1S/C18H25N3O5S/c1-13-11-15-17(26-18(5-6-18)12-19-27(15,22)23)20-16(13)25-10-9-21-7-3-14(24-2)4-8-21/h11-12,14H,3-10H2,1-2H3. The Hall–Kier alpha value is -1.71. The molecule has 1 aromatic heterocycles. The van der Waals surface area contributed by atoms with Gasteiger partial charge in [0.1, 0.15) is 12.2 Å². The van der Waals surface area contributed by atoms with Gasteiger partial charge in [-0.3, -0.25) is 4.90 Å². The average Bonchev–Trinajstić information content (AvgIpc) is 3.43. The SMILES string of the molecule is COC1CCN(CCOc2nc3c(cc2C)S(=O)(=O)N=CC2(CC2)O3)CC1. The first-order chi connectivity index (χ1) is 12.9. The first-order valence-electron chi connectivity index (χ1n) is 9.31. The number of hydrogen-bond donors (Lipinski definition) is 0. The van der Waals surface area contributed by atoms with Gasteiger partial charge in [0, 0.05) is 32.3 Å². The van der Waals surface area contributed by atoms with Crippen LogP contribution in [-0.2, 0) is 14.8 Å². The highest BCUT2D eigenvalue weighted by Gasteiger charge is 2.48. The molecule has 2 aliphatic heterocycles. The Morgan fingerprint density at radius 1 is 1.33 bits per heavy atom. The largest absolute Gasteiger partial charge is 0.476 e. The van der Waals surface area contributed by atoms with Gasteiger partial charge in [0.05, 0.1) is 12.3 Å². The second-order valence-corrected chi connectivity index (χ2v) is 9.02. The van der Waals surface area contributed by atoms with Crippen LogP contribution in [0.2, 0.25) is 0 Å². The van der Waals surface area contributed by atoms with E-state index in [2.05, 4.69) is 14.3 Å². The van der Waals surface area contributed by atoms with E-state index in [1.807, 2.05) is 0 Å². The molecule has 1 spiro atoms. The van der Waals surface area contributed by atoms with Crippen molar-refractivity contribution in [3.63, 3.8) is 0 Å². The number of fused-ring (bicyclic) bond motifs is 1. The lowest BCUT2D eigenvalue weighted by Crippen LogP contribution is -2.38. The minimum Gasteiger partial charge on any atom is -0.476 e. The van der Waals surface area contributed by atoms with Crippen molar-refractivity contribution in [2.45, 2.75) is 49.2 Å². The zero-order chi connectivity index (χ0) is 19.1. The molecule has 1 saturated heterocycles. The van der Waals surface area contributed by atoms with Crippen LogP contribution in [0.1, 0.15) is 31.2 Å². The average molecular weight is 395 g/mol. The molecule has 0 N–H and O–H groups in total. The molecule has 3 aliphatic rings. The monoisotopic (exact) mass is 395 g/mol. The van der Waals surface area contributed by atoms with E-state index < -0.39 is 15.6 Å². The molecule has 0 unspecified atom stereocenters. The number of piperidine rings is 1. The molecule has 8 nitrogen and oxygen atoms in total. The Morgan fingerprint density at radius 2 is 2.07 bits per heavy atom. The van der Waals surface area contributed by atoms with Gasteiger partial charge in [-0.15, -0.1) is 0 Å². The molecule has 4 rings (SSSR count). The lowest BCUT2D eigenvalue weighted by atomic mass is 10.1. The second kappa shape index (κ2) is 7.03. The van der Waals surface area contributed by atoms with Gasteiger partial charge in [0.2, 0.25) is 11.8 Å². The molecular weight excluding hydrogens is 370 g/mol. The van der Waals surface area contributed by atoms with Gasteiger partial charge in [0.15, 0.2) is 4.90 Å². The minimum absolute atomic E-state index is 0.00835. The number of aryl methyl sites for hydroxylation is 1. The van der Waals surface area contributed by atoms with E-state index in [0.717, 1.165) is 45.3 Å². The first kappa shape index (κ1) is 18.6. The Kier molecular flexibility index (Phi) is 4.85. The molecule has 0 amide bonds. The number of nitrogens with zero attached hydrogens (tertiary/aromatic N) is 3. The van der Waals surface area contributed by atoms with Crippen LogP contribution in [0.3, 0.4) is 0 Å². The third-order valence-corrected chi connectivity index (χ3v) is 6.59. The smallest absolute Gasteiger partial charge is 0.287 e. The topological polar surface area (TPSA) is 90.3 Å². The molecule has 2 fully saturated rings. The van der Waals surface area contributed by atoms with Gasteiger partial charge in [-0.05, 0) is 38.7 Å². The van der Waals surface area contributed by atoms with E-state index in [4.69, 9.17) is 14.2 Å². The summed E-state index contributed by atoms with van der Waals surface area (Å²) < 4.78 is 45.6. The van der Waals surface area contributed by atoms with Crippen LogP contribution in [-0.4, -0.2) is 69.6 Å². The van der Waals surface area contributed by atoms with Gasteiger partial charge < -0.3 is 14.2 Å². The molecule has 9 heteroatoms. The van der Waals surface area contributed by atoms with E-state index in [0.29, 0.717) is 24.2 Å². The zero-order valence-corrected chi connectivity index (χ0v) is 16.5. The van der Waals surface area contributed by atoms with Crippen molar-refractivity contribution in [3.05, 3.63) is 11.6 Å². The molecule has 27 heavy (non-hydrogen) atoms. The normalized spacial score (nSPS) is 23.5. The third kappa shape index (κ3) is 3.95. The number of likely N-dealkylation sites (tertiary alicyclic amines) is 1. The summed E-state index contributed by atoms with van der Waals surface area (Å²) >= 11 is 0. The summed E-state index contributed by atoms with van der Waals surface area (Å²) in [5.41, 5.74) is 0.0322. The summed E-state index contributed by atoms with van der Waals surface area (Å²) in [6, 6.07) is 1.54. The van der Waals surface area contributed by atoms with Gasteiger partial charge in [-0.25, -0.2) is 0 Å². The van der Waals surface area contributed by atoms with Crippen molar-refractivity contribution in [1.82, 2.24) is 9.88 Å². The fourth-order valence-electron chi connectivity index (χ4n) is 3.40. The highest BCUT2D eigenvalue weighted by molar-refractivity contribution is 7.90. The van der Waals surface area contributed by atoms with Crippen LogP contribution in [0, 0.1) is 6.92 Å². The molecule has 0 radical (unpaired) electrons. The second-order valence-electron chi connectivity index (χ2n) is 7.42. The summed E-state index contributed by atoms with van der Waals surface area (Å²) in [5, 5.41) is 0. The predicted molar refractivity (Wildman–Crippen MR) is 99.2 cm³/mol. The third-order valence-electron chi connectivity index (χ3n) is 5.36. The number of sulfonamides is 1. The molecule has 1 aromatic rings. The lowest BCUT2D eigenvalue weighted by Gasteiger charge is -2.30. The van der Waals surface area contributed by atoms with Crippen molar-refractivity contribution < 1.29 is 22.6 Å². The molecular formula is C18H25N3O5S. The predicted octanol–water partition coefficient (Wildman–Crippen LogP) is 1.56. The number of pyridine rings is 1. The van der Waals surface area contributed by atoms with Crippen LogP contribution in [0.5, 0.6) is 11.8 Å². The number of ether oxygens (including phenoxy) is 3. The molecule has 148 valence electrons. The van der Waals surface area contributed by atoms with Crippen LogP contribution in [0.25, 0.3) is 0 Å². The Morgan fingerprint density at radius 3 is 2.74 bits per heavy atom. The summed E-state index contributed by atoms with van der Waals surface area (Å²) in [6.07, 6.45) is 5.29. The quantitative estimate of drug-likeness (QED) is 0.747. The van der Waals surface area contributed by atoms with Crippen molar-refractivity contribution in [1.29, 1.82) is 0 Å². The molecule has 0 aromatic carbocycles. The number of methoxy groups -OCH3 is 1. The number of aromatic nitrogens is 1. The maximum atomic E-state index is 12.4. The van der Waals surface area contributed by atoms with E-state index in [-0.39, 0.29) is 10.8 Å². The summed E-state index contributed by atoms with van der Waals surface area (Å²) in [6.45, 7) is 5.03. The molecule has 0 bridgehead atoms. The van der Waals surface area contributed by atoms with Crippen molar-refractivity contribution >= 4 is 16.2 Å². The summed E-state index contributed by atoms with van der Waals surface area (Å²) in [7, 11) is -2.03. The summed E-state index contributed by atoms with van der Waals surface area (Å²) in [4.78, 5) is 6.71. The zero-order valence-electron chi connectivity index (χ0n) is 15.7. The van der Waals surface area contributed by atoms with Crippen LogP contribution in [0.15, 0.2) is 15.4 Å². The Balaban J connectivity index is 1.43. The Labute approximate surface area is 159 Å². The van der Waals surface area contributed by atoms with Crippen molar-refractivity contribution in [3.8, 4) is 11.8 Å². The fourth-order valence-corrected chi connectivity index (χ4v) is 4.47. The van der Waals surface area contributed by atoms with E-state index in [1.165, 1.54) is 12.3 Å². The van der Waals surface area contributed by atoms with Gasteiger partial charge in [-0.1, -0.05) is 0 Å². The highest BCUT2D eigenvalue weighted by atomic mass is 32.2. The summed E-state index contributed by atoms with van der Waals surface area (Å²) in [5.74, 6) is 0.500. The molecule has 0 atom stereocenters. The molecule has 1 saturated carbocycles. The van der Waals surface area contributed by atoms with Crippen LogP contribution in [0.4, 0.5) is 0 Å². The molecule has 3 heterocycles. The van der Waals surface area contributed by atoms with Crippen molar-refractivity contribution in [2.24, 2.45) is 4.40 Å². The van der Waals surface area contributed by atoms with E-state index >= 15 is 0 Å². The van der Waals surface area contributed by atoms with Gasteiger partial charge in [0.25, 0.3) is 10.0 Å². The van der Waals surface area contributed by atoms with Crippen molar-refractivity contribution in [2.75, 3.05) is 33.4 Å². The molecule has 1 aliphatic carbocycles. The van der Waals surface area contributed by atoms with Crippen LogP contribution >= 0.6 is 0 Å². The van der Waals surface area contributed by atoms with Gasteiger partial charge >= 0.3 is 0 Å². The van der Waals surface area contributed by atoms with E-state index in [1.54, 1.807) is 14.0 Å². The van der Waals surface area contributed by atoms with E-state index in [9.17, 15) is 8.42 Å². The maximum absolute atomic E-state index is 12.4. The Bertz CT molecular complexity index is 843. The number of rotatable bonds is 5. The van der Waals surface area contributed by atoms with Crippen LogP contribution < -0.4 is 9.47 Å². The minimum atomic E-state index is -3.79. The highest BCUT2D eigenvalue weighted by Crippen LogP contribution is 2.43. The van der Waals surface area contributed by atoms with Gasteiger partial charge in [-0.2, -0.15) is 17.8 Å². The fraction of sp³-hybridized carbons (Fsp3) is 0.667. The maximum Gasteiger partial charge on any atom is 0.287 e. The first-order valence-corrected chi connectivity index (χ1v) is 10.7.